The fourth-order valence-electron chi connectivity index (χ4n) is 5.22. The van der Waals surface area contributed by atoms with Crippen LogP contribution in [0.1, 0.15) is 30.7 Å². The lowest BCUT2D eigenvalue weighted by Gasteiger charge is -2.27. The molecule has 0 amide bonds. The Kier molecular flexibility index (Phi) is 24.0. The molecule has 0 spiro atoms. The van der Waals surface area contributed by atoms with Gasteiger partial charge in [0.05, 0.1) is 57.9 Å². The second kappa shape index (κ2) is 26.8. The standard InChI is InChI=1S/C15H21NO3S.C13H19NO4S.C13H17NO3S/c1-4-10-16(11-12-19-20(3,17)18)14(2)13-15-8-6-5-7-9-15;1-4-7-14(8-10-18-19(3,15)16)12(2)11-13-6-5-9-17-13;1-4-10-14(2)13(17-18(3,15)16)11-12-8-6-5-7-9-12/h1,5-9,14H,10-13H2,2-3H3;1,5-6,9,12H,7-8,10-11H2,2-3H3;1,5-9,13H,10-11H2,2-3H3. The first-order valence-corrected chi connectivity index (χ1v) is 23.4. The highest BCUT2D eigenvalue weighted by Crippen LogP contribution is 2.12. The molecule has 16 heteroatoms. The summed E-state index contributed by atoms with van der Waals surface area (Å²) in [5, 5.41) is 0. The van der Waals surface area contributed by atoms with E-state index in [1.807, 2.05) is 77.4 Å². The van der Waals surface area contributed by atoms with Crippen molar-refractivity contribution in [3.8, 4) is 37.0 Å². The van der Waals surface area contributed by atoms with Gasteiger partial charge in [0.1, 0.15) is 12.0 Å². The molecule has 0 saturated heterocycles. The van der Waals surface area contributed by atoms with Gasteiger partial charge in [-0.15, -0.1) is 19.3 Å². The third-order valence-corrected chi connectivity index (χ3v) is 9.77. The predicted octanol–water partition coefficient (Wildman–Crippen LogP) is 3.75. The average molecular weight is 848 g/mol. The zero-order chi connectivity index (χ0) is 42.9. The normalized spacial score (nSPS) is 13.2. The minimum Gasteiger partial charge on any atom is -0.469 e. The number of benzene rings is 2. The van der Waals surface area contributed by atoms with Gasteiger partial charge in [0.15, 0.2) is 0 Å². The number of nitrogens with zero attached hydrogens (tertiary/aromatic N) is 3. The van der Waals surface area contributed by atoms with Gasteiger partial charge in [0.2, 0.25) is 0 Å². The molecule has 3 unspecified atom stereocenters. The van der Waals surface area contributed by atoms with Gasteiger partial charge < -0.3 is 4.42 Å². The van der Waals surface area contributed by atoms with Gasteiger partial charge in [0, 0.05) is 38.0 Å². The summed E-state index contributed by atoms with van der Waals surface area (Å²) in [5.74, 6) is 8.51. The summed E-state index contributed by atoms with van der Waals surface area (Å²) >= 11 is 0. The van der Waals surface area contributed by atoms with Gasteiger partial charge in [-0.25, -0.2) is 0 Å². The molecule has 314 valence electrons. The van der Waals surface area contributed by atoms with Gasteiger partial charge in [0.25, 0.3) is 30.4 Å². The van der Waals surface area contributed by atoms with E-state index >= 15 is 0 Å². The summed E-state index contributed by atoms with van der Waals surface area (Å²) < 4.78 is 86.0. The van der Waals surface area contributed by atoms with Crippen molar-refractivity contribution < 1.29 is 42.2 Å². The SMILES string of the molecule is C#CCN(C)C(Cc1ccccc1)OS(C)(=O)=O.C#CCN(CCOS(C)(=O)=O)C(C)Cc1ccccc1.C#CCN(CCOS(C)(=O)=O)C(C)Cc1ccco1. The van der Waals surface area contributed by atoms with Crippen LogP contribution in [0.25, 0.3) is 0 Å². The maximum absolute atomic E-state index is 11.2. The van der Waals surface area contributed by atoms with Crippen molar-refractivity contribution in [3.05, 3.63) is 95.9 Å². The molecule has 0 radical (unpaired) electrons. The Morgan fingerprint density at radius 1 is 0.614 bits per heavy atom. The van der Waals surface area contributed by atoms with E-state index in [1.165, 1.54) is 5.56 Å². The Morgan fingerprint density at radius 3 is 1.44 bits per heavy atom. The molecule has 0 aliphatic heterocycles. The van der Waals surface area contributed by atoms with Crippen LogP contribution in [0.15, 0.2) is 83.5 Å². The van der Waals surface area contributed by atoms with Crippen molar-refractivity contribution in [3.63, 3.8) is 0 Å². The first-order valence-electron chi connectivity index (χ1n) is 17.9. The van der Waals surface area contributed by atoms with Crippen molar-refractivity contribution in [1.29, 1.82) is 0 Å². The molecule has 1 aromatic heterocycles. The maximum Gasteiger partial charge on any atom is 0.265 e. The Balaban J connectivity index is 0.000000428. The number of terminal acetylenes is 3. The van der Waals surface area contributed by atoms with Crippen molar-refractivity contribution in [1.82, 2.24) is 14.7 Å². The highest BCUT2D eigenvalue weighted by molar-refractivity contribution is 7.86. The molecule has 0 bridgehead atoms. The Hall–Kier alpha value is -3.99. The molecule has 0 fully saturated rings. The van der Waals surface area contributed by atoms with E-state index in [1.54, 1.807) is 18.2 Å². The largest absolute Gasteiger partial charge is 0.469 e. The molecular weight excluding hydrogens is 791 g/mol. The number of hydrogen-bond donors (Lipinski definition) is 0. The van der Waals surface area contributed by atoms with Crippen molar-refractivity contribution >= 4 is 30.4 Å². The molecule has 3 rings (SSSR count). The molecule has 0 saturated carbocycles. The molecule has 0 aliphatic carbocycles. The number of rotatable bonds is 22. The van der Waals surface area contributed by atoms with Crippen molar-refractivity contribution in [2.75, 3.05) is 71.8 Å². The smallest absolute Gasteiger partial charge is 0.265 e. The zero-order valence-electron chi connectivity index (χ0n) is 33.7. The first-order chi connectivity index (χ1) is 26.8. The Morgan fingerprint density at radius 2 is 1.05 bits per heavy atom. The maximum atomic E-state index is 11.2. The highest BCUT2D eigenvalue weighted by atomic mass is 32.2. The monoisotopic (exact) mass is 847 g/mol. The van der Waals surface area contributed by atoms with Gasteiger partial charge in [-0.1, -0.05) is 78.4 Å². The fourth-order valence-corrected chi connectivity index (χ4v) is 6.59. The molecule has 0 N–H and O–H groups in total. The summed E-state index contributed by atoms with van der Waals surface area (Å²) in [5.41, 5.74) is 2.22. The molecular formula is C41H57N3O10S3. The van der Waals surface area contributed by atoms with E-state index in [9.17, 15) is 25.3 Å². The van der Waals surface area contributed by atoms with E-state index in [0.717, 1.165) is 36.5 Å². The Labute approximate surface area is 342 Å². The van der Waals surface area contributed by atoms with E-state index < -0.39 is 36.6 Å². The first kappa shape index (κ1) is 51.0. The fraction of sp³-hybridized carbons (Fsp3) is 0.463. The van der Waals surface area contributed by atoms with Crippen LogP contribution >= 0.6 is 0 Å². The van der Waals surface area contributed by atoms with Crippen molar-refractivity contribution in [2.24, 2.45) is 0 Å². The van der Waals surface area contributed by atoms with E-state index in [2.05, 4.69) is 36.8 Å². The molecule has 2 aromatic carbocycles. The van der Waals surface area contributed by atoms with Gasteiger partial charge >= 0.3 is 0 Å². The minimum atomic E-state index is -3.52. The third-order valence-electron chi connectivity index (χ3n) is 8.01. The van der Waals surface area contributed by atoms with Crippen LogP contribution in [-0.4, -0.2) is 130 Å². The lowest BCUT2D eigenvalue weighted by atomic mass is 10.1. The van der Waals surface area contributed by atoms with E-state index in [0.29, 0.717) is 45.6 Å². The number of hydrogen-bond acceptors (Lipinski definition) is 13. The summed E-state index contributed by atoms with van der Waals surface area (Å²) in [4.78, 5) is 5.71. The van der Waals surface area contributed by atoms with Crippen LogP contribution in [0, 0.1) is 37.0 Å². The average Bonchev–Trinajstić information content (AvgIpc) is 3.64. The highest BCUT2D eigenvalue weighted by Gasteiger charge is 2.20. The number of furan rings is 1. The van der Waals surface area contributed by atoms with E-state index in [-0.39, 0.29) is 25.3 Å². The second-order valence-corrected chi connectivity index (χ2v) is 18.0. The van der Waals surface area contributed by atoms with Crippen LogP contribution in [-0.2, 0) is 62.2 Å². The third kappa shape index (κ3) is 25.8. The Bertz CT molecular complexity index is 2010. The van der Waals surface area contributed by atoms with Crippen molar-refractivity contribution in [2.45, 2.75) is 51.4 Å². The van der Waals surface area contributed by atoms with Crippen LogP contribution in [0.3, 0.4) is 0 Å². The second-order valence-electron chi connectivity index (χ2n) is 13.1. The molecule has 0 aliphatic rings. The molecule has 3 aromatic rings. The summed E-state index contributed by atoms with van der Waals surface area (Å²) in [6, 6.07) is 23.7. The van der Waals surface area contributed by atoms with Crippen LogP contribution in [0.2, 0.25) is 0 Å². The minimum absolute atomic E-state index is 0.100. The lowest BCUT2D eigenvalue weighted by Crippen LogP contribution is -2.37. The summed E-state index contributed by atoms with van der Waals surface area (Å²) in [6.07, 6.45) is 22.1. The summed E-state index contributed by atoms with van der Waals surface area (Å²) in [7, 11) is -8.59. The van der Waals surface area contributed by atoms with Gasteiger partial charge in [-0.05, 0) is 50.6 Å². The van der Waals surface area contributed by atoms with Gasteiger partial charge in [-0.2, -0.15) is 25.3 Å². The molecule has 13 nitrogen and oxygen atoms in total. The van der Waals surface area contributed by atoms with Crippen LogP contribution < -0.4 is 0 Å². The topological polar surface area (TPSA) is 153 Å². The van der Waals surface area contributed by atoms with Crippen LogP contribution in [0.5, 0.6) is 0 Å². The molecule has 57 heavy (non-hydrogen) atoms. The number of likely N-dealkylation sites (N-methyl/N-ethyl adjacent to an activating group) is 1. The van der Waals surface area contributed by atoms with E-state index in [4.69, 9.17) is 36.2 Å². The quantitative estimate of drug-likeness (QED) is 0.0821. The lowest BCUT2D eigenvalue weighted by molar-refractivity contribution is 0.0625. The van der Waals surface area contributed by atoms with Crippen LogP contribution in [0.4, 0.5) is 0 Å². The summed E-state index contributed by atoms with van der Waals surface area (Å²) in [6.45, 7) is 6.50. The van der Waals surface area contributed by atoms with Gasteiger partial charge in [-0.3, -0.25) is 27.2 Å². The zero-order valence-corrected chi connectivity index (χ0v) is 36.1. The molecule has 3 atom stereocenters. The molecule has 1 heterocycles. The predicted molar refractivity (Wildman–Crippen MR) is 225 cm³/mol.